The van der Waals surface area contributed by atoms with Crippen molar-refractivity contribution in [1.82, 2.24) is 4.98 Å². The van der Waals surface area contributed by atoms with E-state index < -0.39 is 0 Å². The highest BCUT2D eigenvalue weighted by atomic mass is 16.5. The summed E-state index contributed by atoms with van der Waals surface area (Å²) in [6.07, 6.45) is 2.72. The maximum atomic E-state index is 12.2. The summed E-state index contributed by atoms with van der Waals surface area (Å²) in [6, 6.07) is 11.7. The fourth-order valence-corrected chi connectivity index (χ4v) is 3.23. The zero-order chi connectivity index (χ0) is 16.9. The van der Waals surface area contributed by atoms with Gasteiger partial charge in [-0.1, -0.05) is 18.2 Å². The molecule has 0 N–H and O–H groups in total. The molecule has 1 fully saturated rings. The Morgan fingerprint density at radius 3 is 2.92 bits per heavy atom. The van der Waals surface area contributed by atoms with Gasteiger partial charge in [0.25, 0.3) is 0 Å². The van der Waals surface area contributed by atoms with Crippen LogP contribution < -0.4 is 9.64 Å². The molecule has 2 aromatic rings. The molecule has 0 radical (unpaired) electrons. The van der Waals surface area contributed by atoms with E-state index in [0.717, 1.165) is 25.3 Å². The van der Waals surface area contributed by atoms with Crippen LogP contribution in [0.2, 0.25) is 0 Å². The Morgan fingerprint density at radius 1 is 1.29 bits per heavy atom. The Bertz CT molecular complexity index is 717. The number of nitrogens with zero attached hydrogens (tertiary/aromatic N) is 2. The largest absolute Gasteiger partial charge is 0.496 e. The predicted octanol–water partition coefficient (Wildman–Crippen LogP) is 3.26. The second kappa shape index (κ2) is 7.34. The zero-order valence-corrected chi connectivity index (χ0v) is 14.1. The zero-order valence-electron chi connectivity index (χ0n) is 14.1. The van der Waals surface area contributed by atoms with Gasteiger partial charge in [-0.05, 0) is 37.1 Å². The lowest BCUT2D eigenvalue weighted by Gasteiger charge is -2.20. The highest BCUT2D eigenvalue weighted by molar-refractivity contribution is 5.94. The van der Waals surface area contributed by atoms with Crippen molar-refractivity contribution < 1.29 is 14.3 Å². The lowest BCUT2D eigenvalue weighted by molar-refractivity contribution is 0.0526. The molecule has 0 spiro atoms. The van der Waals surface area contributed by atoms with Gasteiger partial charge in [0.05, 0.1) is 13.7 Å². The minimum absolute atomic E-state index is 0.318. The van der Waals surface area contributed by atoms with Gasteiger partial charge in [-0.15, -0.1) is 0 Å². The number of anilines is 1. The number of carbonyl (C=O) groups excluding carboxylic acids is 1. The Balaban J connectivity index is 1.83. The molecule has 0 saturated carbocycles. The highest BCUT2D eigenvalue weighted by Crippen LogP contribution is 2.35. The second-order valence-corrected chi connectivity index (χ2v) is 5.77. The molecule has 1 aliphatic rings. The first-order valence-electron chi connectivity index (χ1n) is 8.24. The number of rotatable bonds is 5. The van der Waals surface area contributed by atoms with E-state index in [2.05, 4.69) is 16.0 Å². The van der Waals surface area contributed by atoms with E-state index in [-0.39, 0.29) is 5.97 Å². The minimum Gasteiger partial charge on any atom is -0.496 e. The van der Waals surface area contributed by atoms with E-state index >= 15 is 0 Å². The number of ether oxygens (including phenoxy) is 2. The average Bonchev–Trinajstić information content (AvgIpc) is 3.11. The van der Waals surface area contributed by atoms with Crippen LogP contribution in [-0.4, -0.2) is 37.8 Å². The topological polar surface area (TPSA) is 51.7 Å². The third-order valence-corrected chi connectivity index (χ3v) is 4.35. The van der Waals surface area contributed by atoms with Crippen LogP contribution in [-0.2, 0) is 4.74 Å². The van der Waals surface area contributed by atoms with Gasteiger partial charge in [0, 0.05) is 25.2 Å². The summed E-state index contributed by atoms with van der Waals surface area (Å²) in [6.45, 7) is 3.83. The number of benzene rings is 1. The quantitative estimate of drug-likeness (QED) is 0.789. The number of para-hydroxylation sites is 1. The number of hydrogen-bond donors (Lipinski definition) is 0. The fraction of sp³-hybridized carbons (Fsp3) is 0.368. The van der Waals surface area contributed by atoms with Gasteiger partial charge in [-0.3, -0.25) is 0 Å². The average molecular weight is 326 g/mol. The highest BCUT2D eigenvalue weighted by Gasteiger charge is 2.29. The lowest BCUT2D eigenvalue weighted by Crippen LogP contribution is -2.23. The van der Waals surface area contributed by atoms with Crippen molar-refractivity contribution in [2.24, 2.45) is 0 Å². The van der Waals surface area contributed by atoms with Gasteiger partial charge in [0.1, 0.15) is 17.1 Å². The Hall–Kier alpha value is -2.56. The first kappa shape index (κ1) is 16.3. The molecule has 3 rings (SSSR count). The van der Waals surface area contributed by atoms with Crippen LogP contribution in [0.3, 0.4) is 0 Å². The summed E-state index contributed by atoms with van der Waals surface area (Å²) in [5.74, 6) is 1.66. The monoisotopic (exact) mass is 326 g/mol. The van der Waals surface area contributed by atoms with E-state index in [9.17, 15) is 4.79 Å². The van der Waals surface area contributed by atoms with E-state index in [1.165, 1.54) is 5.56 Å². The maximum Gasteiger partial charge on any atom is 0.341 e. The second-order valence-electron chi connectivity index (χ2n) is 5.77. The number of aromatic nitrogens is 1. The normalized spacial score (nSPS) is 16.9. The summed E-state index contributed by atoms with van der Waals surface area (Å²) in [4.78, 5) is 18.7. The van der Waals surface area contributed by atoms with E-state index in [1.54, 1.807) is 25.4 Å². The van der Waals surface area contributed by atoms with Crippen molar-refractivity contribution >= 4 is 11.8 Å². The molecule has 126 valence electrons. The molecule has 1 unspecified atom stereocenters. The van der Waals surface area contributed by atoms with Gasteiger partial charge in [-0.2, -0.15) is 0 Å². The van der Waals surface area contributed by atoms with Crippen molar-refractivity contribution in [2.75, 3.05) is 31.7 Å². The Kier molecular flexibility index (Phi) is 4.99. The minimum atomic E-state index is -0.318. The van der Waals surface area contributed by atoms with E-state index in [4.69, 9.17) is 9.47 Å². The van der Waals surface area contributed by atoms with E-state index in [0.29, 0.717) is 23.9 Å². The third kappa shape index (κ3) is 3.20. The van der Waals surface area contributed by atoms with Crippen molar-refractivity contribution in [2.45, 2.75) is 19.3 Å². The molecule has 5 nitrogen and oxygen atoms in total. The molecule has 1 aliphatic heterocycles. The molecule has 2 heterocycles. The van der Waals surface area contributed by atoms with Crippen molar-refractivity contribution in [3.05, 3.63) is 53.7 Å². The molecule has 1 saturated heterocycles. The summed E-state index contributed by atoms with van der Waals surface area (Å²) >= 11 is 0. The molecular formula is C19H22N2O3. The van der Waals surface area contributed by atoms with Crippen LogP contribution in [0.15, 0.2) is 42.6 Å². The van der Waals surface area contributed by atoms with Crippen molar-refractivity contribution in [3.8, 4) is 5.75 Å². The van der Waals surface area contributed by atoms with E-state index in [1.807, 2.05) is 25.1 Å². The standard InChI is InChI=1S/C19H22N2O3/c1-3-24-19(22)16-8-6-11-20-18(16)21-12-10-14(13-21)15-7-4-5-9-17(15)23-2/h4-9,11,14H,3,10,12-13H2,1-2H3. The molecule has 5 heteroatoms. The number of esters is 1. The number of pyridine rings is 1. The molecule has 0 bridgehead atoms. The van der Waals surface area contributed by atoms with Gasteiger partial charge in [0.15, 0.2) is 0 Å². The molecule has 24 heavy (non-hydrogen) atoms. The maximum absolute atomic E-state index is 12.2. The van der Waals surface area contributed by atoms with Crippen LogP contribution in [0.1, 0.15) is 35.2 Å². The summed E-state index contributed by atoms with van der Waals surface area (Å²) in [5, 5.41) is 0. The Morgan fingerprint density at radius 2 is 2.12 bits per heavy atom. The van der Waals surface area contributed by atoms with Crippen LogP contribution in [0.4, 0.5) is 5.82 Å². The van der Waals surface area contributed by atoms with Gasteiger partial charge >= 0.3 is 5.97 Å². The first-order valence-corrected chi connectivity index (χ1v) is 8.24. The van der Waals surface area contributed by atoms with Gasteiger partial charge in [0.2, 0.25) is 0 Å². The Labute approximate surface area is 142 Å². The van der Waals surface area contributed by atoms with Gasteiger partial charge < -0.3 is 14.4 Å². The molecule has 1 atom stereocenters. The summed E-state index contributed by atoms with van der Waals surface area (Å²) in [5.41, 5.74) is 1.73. The number of hydrogen-bond acceptors (Lipinski definition) is 5. The van der Waals surface area contributed by atoms with Crippen molar-refractivity contribution in [1.29, 1.82) is 0 Å². The molecule has 1 aromatic carbocycles. The van der Waals surface area contributed by atoms with Crippen molar-refractivity contribution in [3.63, 3.8) is 0 Å². The predicted molar refractivity (Wildman–Crippen MR) is 92.8 cm³/mol. The fourth-order valence-electron chi connectivity index (χ4n) is 3.23. The molecule has 0 aliphatic carbocycles. The molecule has 1 aromatic heterocycles. The molecular weight excluding hydrogens is 304 g/mol. The van der Waals surface area contributed by atoms with Crippen LogP contribution in [0.5, 0.6) is 5.75 Å². The number of carbonyl (C=O) groups is 1. The van der Waals surface area contributed by atoms with Gasteiger partial charge in [-0.25, -0.2) is 9.78 Å². The van der Waals surface area contributed by atoms with Crippen LogP contribution in [0.25, 0.3) is 0 Å². The van der Waals surface area contributed by atoms with Crippen LogP contribution in [0, 0.1) is 0 Å². The molecule has 0 amide bonds. The summed E-state index contributed by atoms with van der Waals surface area (Å²) in [7, 11) is 1.70. The van der Waals surface area contributed by atoms with Crippen LogP contribution >= 0.6 is 0 Å². The lowest BCUT2D eigenvalue weighted by atomic mass is 9.97. The smallest absolute Gasteiger partial charge is 0.341 e. The SMILES string of the molecule is CCOC(=O)c1cccnc1N1CCC(c2ccccc2OC)C1. The summed E-state index contributed by atoms with van der Waals surface area (Å²) < 4.78 is 10.6. The first-order chi connectivity index (χ1) is 11.7. The number of methoxy groups -OCH3 is 1. The third-order valence-electron chi connectivity index (χ3n) is 4.35.